The number of anilines is 2. The molecule has 1 fully saturated rings. The van der Waals surface area contributed by atoms with Crippen LogP contribution in [-0.4, -0.2) is 20.3 Å². The van der Waals surface area contributed by atoms with E-state index in [-0.39, 0.29) is 0 Å². The molecule has 1 atom stereocenters. The molecule has 1 saturated carbocycles. The predicted molar refractivity (Wildman–Crippen MR) is 110 cm³/mol. The predicted octanol–water partition coefficient (Wildman–Crippen LogP) is 6.18. The summed E-state index contributed by atoms with van der Waals surface area (Å²) in [7, 11) is 1.78. The smallest absolute Gasteiger partial charge is 0.0642 e. The molecule has 0 aromatic heterocycles. The minimum atomic E-state index is 0.735. The van der Waals surface area contributed by atoms with Gasteiger partial charge in [0, 0.05) is 25.0 Å². The fraction of sp³-hybridized carbons (Fsp3) is 0.500. The third kappa shape index (κ3) is 3.66. The first kappa shape index (κ1) is 17.6. The zero-order valence-electron chi connectivity index (χ0n) is 16.2. The third-order valence-electron chi connectivity index (χ3n) is 6.14. The lowest BCUT2D eigenvalue weighted by atomic mass is 9.81. The molecule has 0 heterocycles. The van der Waals surface area contributed by atoms with Crippen molar-refractivity contribution in [2.75, 3.05) is 25.2 Å². The van der Waals surface area contributed by atoms with Crippen LogP contribution in [0.3, 0.4) is 0 Å². The summed E-state index contributed by atoms with van der Waals surface area (Å²) in [4.78, 5) is 2.41. The highest BCUT2D eigenvalue weighted by molar-refractivity contribution is 5.65. The highest BCUT2D eigenvalue weighted by Crippen LogP contribution is 2.41. The van der Waals surface area contributed by atoms with Gasteiger partial charge in [0.05, 0.1) is 6.61 Å². The number of rotatable bonds is 7. The Hall–Kier alpha value is -1.80. The summed E-state index contributed by atoms with van der Waals surface area (Å²) < 4.78 is 5.39. The summed E-state index contributed by atoms with van der Waals surface area (Å²) in [5, 5.41) is 0. The summed E-state index contributed by atoms with van der Waals surface area (Å²) in [6, 6.07) is 16.3. The van der Waals surface area contributed by atoms with Gasteiger partial charge < -0.3 is 9.64 Å². The Bertz CT molecular complexity index is 732. The molecule has 4 rings (SSSR count). The molecule has 0 amide bonds. The number of fused-ring (bicyclic) bond motifs is 1. The normalized spacial score (nSPS) is 19.2. The van der Waals surface area contributed by atoms with Crippen LogP contribution in [-0.2, 0) is 11.2 Å². The van der Waals surface area contributed by atoms with E-state index >= 15 is 0 Å². The van der Waals surface area contributed by atoms with Crippen LogP contribution in [0.2, 0.25) is 0 Å². The fourth-order valence-corrected chi connectivity index (χ4v) is 4.43. The van der Waals surface area contributed by atoms with E-state index in [1.165, 1.54) is 55.5 Å². The first-order valence-corrected chi connectivity index (χ1v) is 10.3. The molecule has 0 radical (unpaired) electrons. The lowest BCUT2D eigenvalue weighted by molar-refractivity contribution is 0.207. The number of aryl methyl sites for hydroxylation is 1. The number of hydrogen-bond donors (Lipinski definition) is 0. The third-order valence-corrected chi connectivity index (χ3v) is 6.14. The summed E-state index contributed by atoms with van der Waals surface area (Å²) in [5.74, 6) is 1.56. The highest BCUT2D eigenvalue weighted by atomic mass is 16.5. The number of benzene rings is 2. The molecule has 2 aromatic carbocycles. The number of methoxy groups -OCH3 is 1. The summed E-state index contributed by atoms with van der Waals surface area (Å²) >= 11 is 0. The SMILES string of the molecule is CC[C@@H]1CCCc2cc(N(CCOC)c3ccc(C4CC4)cc3)ccc21. The van der Waals surface area contributed by atoms with Crippen molar-refractivity contribution >= 4 is 11.4 Å². The molecule has 0 spiro atoms. The van der Waals surface area contributed by atoms with Crippen LogP contribution in [0.15, 0.2) is 42.5 Å². The van der Waals surface area contributed by atoms with Crippen molar-refractivity contribution in [2.24, 2.45) is 0 Å². The lowest BCUT2D eigenvalue weighted by Crippen LogP contribution is -2.22. The first-order chi connectivity index (χ1) is 12.8. The van der Waals surface area contributed by atoms with Gasteiger partial charge in [0.2, 0.25) is 0 Å². The van der Waals surface area contributed by atoms with Crippen molar-refractivity contribution in [3.8, 4) is 0 Å². The summed E-state index contributed by atoms with van der Waals surface area (Å²) in [6.07, 6.45) is 7.86. The molecular weight excluding hydrogens is 318 g/mol. The van der Waals surface area contributed by atoms with Crippen LogP contribution < -0.4 is 4.90 Å². The second-order valence-electron chi connectivity index (χ2n) is 7.89. The monoisotopic (exact) mass is 349 g/mol. The van der Waals surface area contributed by atoms with Gasteiger partial charge in [-0.05, 0) is 91.3 Å². The van der Waals surface area contributed by atoms with E-state index < -0.39 is 0 Å². The first-order valence-electron chi connectivity index (χ1n) is 10.3. The average molecular weight is 350 g/mol. The molecule has 2 aliphatic carbocycles. The number of hydrogen-bond acceptors (Lipinski definition) is 2. The molecule has 138 valence electrons. The summed E-state index contributed by atoms with van der Waals surface area (Å²) in [6.45, 7) is 3.94. The largest absolute Gasteiger partial charge is 0.383 e. The summed E-state index contributed by atoms with van der Waals surface area (Å²) in [5.41, 5.74) is 7.21. The zero-order valence-corrected chi connectivity index (χ0v) is 16.2. The van der Waals surface area contributed by atoms with Crippen LogP contribution in [0.4, 0.5) is 11.4 Å². The standard InChI is InChI=1S/C24H31NO/c1-3-18-5-4-6-21-17-23(13-14-24(18)21)25(15-16-26-2)22-11-9-20(10-12-22)19-7-8-19/h9-14,17-19H,3-8,15-16H2,1-2H3/t18-/m1/s1. The second-order valence-corrected chi connectivity index (χ2v) is 7.89. The van der Waals surface area contributed by atoms with Crippen molar-refractivity contribution < 1.29 is 4.74 Å². The molecule has 0 unspecified atom stereocenters. The Morgan fingerprint density at radius 3 is 2.46 bits per heavy atom. The van der Waals surface area contributed by atoms with Gasteiger partial charge in [0.25, 0.3) is 0 Å². The van der Waals surface area contributed by atoms with Gasteiger partial charge in [-0.15, -0.1) is 0 Å². The maximum atomic E-state index is 5.39. The Kier molecular flexibility index (Phi) is 5.31. The molecule has 26 heavy (non-hydrogen) atoms. The Balaban J connectivity index is 1.63. The minimum absolute atomic E-state index is 0.735. The number of nitrogens with zero attached hydrogens (tertiary/aromatic N) is 1. The molecule has 2 aliphatic rings. The van der Waals surface area contributed by atoms with Gasteiger partial charge in [-0.1, -0.05) is 25.1 Å². The van der Waals surface area contributed by atoms with Gasteiger partial charge in [-0.2, -0.15) is 0 Å². The van der Waals surface area contributed by atoms with Gasteiger partial charge in [0.1, 0.15) is 0 Å². The van der Waals surface area contributed by atoms with E-state index in [1.807, 2.05) is 0 Å². The molecule has 2 aromatic rings. The molecule has 0 N–H and O–H groups in total. The molecule has 2 nitrogen and oxygen atoms in total. The quantitative estimate of drug-likeness (QED) is 0.592. The van der Waals surface area contributed by atoms with Gasteiger partial charge >= 0.3 is 0 Å². The van der Waals surface area contributed by atoms with Crippen molar-refractivity contribution in [2.45, 2.75) is 57.3 Å². The van der Waals surface area contributed by atoms with Crippen molar-refractivity contribution in [1.29, 1.82) is 0 Å². The highest BCUT2D eigenvalue weighted by Gasteiger charge is 2.24. The lowest BCUT2D eigenvalue weighted by Gasteiger charge is -2.29. The number of ether oxygens (including phenoxy) is 1. The topological polar surface area (TPSA) is 12.5 Å². The van der Waals surface area contributed by atoms with Gasteiger partial charge in [-0.25, -0.2) is 0 Å². The van der Waals surface area contributed by atoms with Gasteiger partial charge in [-0.3, -0.25) is 0 Å². The Labute approximate surface area is 158 Å². The Morgan fingerprint density at radius 2 is 1.77 bits per heavy atom. The Morgan fingerprint density at radius 1 is 1.00 bits per heavy atom. The van der Waals surface area contributed by atoms with Crippen LogP contribution >= 0.6 is 0 Å². The zero-order chi connectivity index (χ0) is 17.9. The van der Waals surface area contributed by atoms with E-state index in [4.69, 9.17) is 4.74 Å². The second kappa shape index (κ2) is 7.84. The van der Waals surface area contributed by atoms with Gasteiger partial charge in [0.15, 0.2) is 0 Å². The molecule has 0 bridgehead atoms. The van der Waals surface area contributed by atoms with Crippen LogP contribution in [0.5, 0.6) is 0 Å². The van der Waals surface area contributed by atoms with Crippen LogP contribution in [0, 0.1) is 0 Å². The van der Waals surface area contributed by atoms with Crippen molar-refractivity contribution in [1.82, 2.24) is 0 Å². The van der Waals surface area contributed by atoms with E-state index in [0.29, 0.717) is 0 Å². The minimum Gasteiger partial charge on any atom is -0.383 e. The van der Waals surface area contributed by atoms with Crippen molar-refractivity contribution in [3.63, 3.8) is 0 Å². The van der Waals surface area contributed by atoms with E-state index in [0.717, 1.165) is 25.0 Å². The van der Waals surface area contributed by atoms with E-state index in [1.54, 1.807) is 18.2 Å². The average Bonchev–Trinajstić information content (AvgIpc) is 3.53. The van der Waals surface area contributed by atoms with E-state index in [2.05, 4.69) is 54.3 Å². The maximum absolute atomic E-state index is 5.39. The maximum Gasteiger partial charge on any atom is 0.0642 e. The molecule has 0 saturated heterocycles. The van der Waals surface area contributed by atoms with E-state index in [9.17, 15) is 0 Å². The van der Waals surface area contributed by atoms with Crippen LogP contribution in [0.1, 0.15) is 67.6 Å². The van der Waals surface area contributed by atoms with Crippen LogP contribution in [0.25, 0.3) is 0 Å². The van der Waals surface area contributed by atoms with Crippen molar-refractivity contribution in [3.05, 3.63) is 59.2 Å². The molecule has 2 heteroatoms. The molecular formula is C24H31NO. The fourth-order valence-electron chi connectivity index (χ4n) is 4.43. The molecule has 0 aliphatic heterocycles.